The van der Waals surface area contributed by atoms with Crippen LogP contribution < -0.4 is 10.6 Å². The number of benzene rings is 1. The van der Waals surface area contributed by atoms with Gasteiger partial charge in [-0.15, -0.1) is 0 Å². The van der Waals surface area contributed by atoms with Gasteiger partial charge in [0.25, 0.3) is 5.91 Å². The summed E-state index contributed by atoms with van der Waals surface area (Å²) in [6.07, 6.45) is 0.798. The van der Waals surface area contributed by atoms with Gasteiger partial charge in [0, 0.05) is 37.9 Å². The fraction of sp³-hybridized carbons (Fsp3) is 0.375. The number of ether oxygens (including phenoxy) is 1. The van der Waals surface area contributed by atoms with Gasteiger partial charge in [-0.25, -0.2) is 4.98 Å². The van der Waals surface area contributed by atoms with Crippen molar-refractivity contribution in [1.82, 2.24) is 10.3 Å². The summed E-state index contributed by atoms with van der Waals surface area (Å²) < 4.78 is 5.24. The molecule has 1 aromatic heterocycles. The molecule has 2 N–H and O–H groups in total. The second-order valence-electron chi connectivity index (χ2n) is 4.63. The lowest BCUT2D eigenvalue weighted by atomic mass is 10.1. The Hall–Kier alpha value is -2.14. The average molecular weight is 287 g/mol. The Balaban J connectivity index is 2.09. The summed E-state index contributed by atoms with van der Waals surface area (Å²) in [6, 6.07) is 9.54. The van der Waals surface area contributed by atoms with Crippen molar-refractivity contribution in [3.63, 3.8) is 0 Å². The van der Waals surface area contributed by atoms with Crippen LogP contribution in [-0.2, 0) is 4.74 Å². The number of anilines is 1. The first-order chi connectivity index (χ1) is 10.3. The van der Waals surface area contributed by atoms with Crippen LogP contribution in [0.3, 0.4) is 0 Å². The molecular weight excluding hydrogens is 266 g/mol. The summed E-state index contributed by atoms with van der Waals surface area (Å²) >= 11 is 0. The van der Waals surface area contributed by atoms with E-state index in [4.69, 9.17) is 4.74 Å². The number of para-hydroxylation sites is 1. The van der Waals surface area contributed by atoms with Crippen molar-refractivity contribution >= 4 is 22.5 Å². The molecule has 0 atom stereocenters. The summed E-state index contributed by atoms with van der Waals surface area (Å²) in [7, 11) is 1.84. The van der Waals surface area contributed by atoms with E-state index in [2.05, 4.69) is 15.6 Å². The van der Waals surface area contributed by atoms with E-state index in [0.29, 0.717) is 25.5 Å². The Morgan fingerprint density at radius 3 is 2.90 bits per heavy atom. The lowest BCUT2D eigenvalue weighted by Gasteiger charge is -2.09. The fourth-order valence-electron chi connectivity index (χ4n) is 2.11. The number of fused-ring (bicyclic) bond motifs is 1. The molecular formula is C16H21N3O2. The summed E-state index contributed by atoms with van der Waals surface area (Å²) in [5.74, 6) is -0.159. The minimum absolute atomic E-state index is 0.159. The molecule has 0 aliphatic carbocycles. The number of pyridine rings is 1. The SMILES string of the molecule is CCOCCCNC(=O)c1cc(NC)c2ccccc2n1. The summed E-state index contributed by atoms with van der Waals surface area (Å²) in [6.45, 7) is 3.90. The standard InChI is InChI=1S/C16H21N3O2/c1-3-21-10-6-9-18-16(20)15-11-14(17-2)12-7-4-5-8-13(12)19-15/h4-5,7-8,11H,3,6,9-10H2,1-2H3,(H,17,19)(H,18,20). The number of aromatic nitrogens is 1. The molecule has 5 heteroatoms. The highest BCUT2D eigenvalue weighted by molar-refractivity contribution is 5.99. The van der Waals surface area contributed by atoms with Crippen LogP contribution in [0.25, 0.3) is 10.9 Å². The van der Waals surface area contributed by atoms with Crippen LogP contribution >= 0.6 is 0 Å². The smallest absolute Gasteiger partial charge is 0.269 e. The van der Waals surface area contributed by atoms with Crippen LogP contribution in [-0.4, -0.2) is 37.7 Å². The highest BCUT2D eigenvalue weighted by atomic mass is 16.5. The Kier molecular flexibility index (Phi) is 5.51. The number of hydrogen-bond donors (Lipinski definition) is 2. The van der Waals surface area contributed by atoms with Gasteiger partial charge in [0.05, 0.1) is 5.52 Å². The molecule has 5 nitrogen and oxygen atoms in total. The fourth-order valence-corrected chi connectivity index (χ4v) is 2.11. The molecule has 1 amide bonds. The van der Waals surface area contributed by atoms with Gasteiger partial charge in [0.2, 0.25) is 0 Å². The van der Waals surface area contributed by atoms with Gasteiger partial charge in [0.15, 0.2) is 0 Å². The maximum absolute atomic E-state index is 12.1. The lowest BCUT2D eigenvalue weighted by molar-refractivity contribution is 0.0939. The van der Waals surface area contributed by atoms with E-state index in [0.717, 1.165) is 23.0 Å². The van der Waals surface area contributed by atoms with E-state index in [1.54, 1.807) is 6.07 Å². The molecule has 112 valence electrons. The highest BCUT2D eigenvalue weighted by Gasteiger charge is 2.10. The van der Waals surface area contributed by atoms with Crippen LogP contribution in [0.2, 0.25) is 0 Å². The molecule has 0 fully saturated rings. The molecule has 2 rings (SSSR count). The molecule has 21 heavy (non-hydrogen) atoms. The van der Waals surface area contributed by atoms with E-state index >= 15 is 0 Å². The number of rotatable bonds is 7. The molecule has 0 unspecified atom stereocenters. The third kappa shape index (κ3) is 3.92. The molecule has 1 heterocycles. The number of carbonyl (C=O) groups is 1. The van der Waals surface area contributed by atoms with E-state index in [9.17, 15) is 4.79 Å². The van der Waals surface area contributed by atoms with Crippen molar-refractivity contribution in [3.05, 3.63) is 36.0 Å². The second kappa shape index (κ2) is 7.59. The average Bonchev–Trinajstić information content (AvgIpc) is 2.53. The molecule has 0 radical (unpaired) electrons. The number of nitrogens with zero attached hydrogens (tertiary/aromatic N) is 1. The molecule has 0 aliphatic heterocycles. The van der Waals surface area contributed by atoms with Crippen LogP contribution in [0.5, 0.6) is 0 Å². The normalized spacial score (nSPS) is 10.6. The number of carbonyl (C=O) groups excluding carboxylic acids is 1. The van der Waals surface area contributed by atoms with Crippen molar-refractivity contribution in [2.24, 2.45) is 0 Å². The summed E-state index contributed by atoms with van der Waals surface area (Å²) in [5, 5.41) is 6.98. The maximum Gasteiger partial charge on any atom is 0.269 e. The zero-order valence-corrected chi connectivity index (χ0v) is 12.5. The molecule has 0 saturated heterocycles. The van der Waals surface area contributed by atoms with Gasteiger partial charge in [-0.1, -0.05) is 18.2 Å². The molecule has 0 bridgehead atoms. The molecule has 0 spiro atoms. The number of nitrogens with one attached hydrogen (secondary N) is 2. The van der Waals surface area contributed by atoms with E-state index in [1.165, 1.54) is 0 Å². The first-order valence-electron chi connectivity index (χ1n) is 7.19. The van der Waals surface area contributed by atoms with E-state index < -0.39 is 0 Å². The first-order valence-corrected chi connectivity index (χ1v) is 7.19. The zero-order chi connectivity index (χ0) is 15.1. The third-order valence-corrected chi connectivity index (χ3v) is 3.17. The quantitative estimate of drug-likeness (QED) is 0.768. The Bertz CT molecular complexity index is 613. The van der Waals surface area contributed by atoms with Gasteiger partial charge in [-0.05, 0) is 25.5 Å². The lowest BCUT2D eigenvalue weighted by Crippen LogP contribution is -2.26. The highest BCUT2D eigenvalue weighted by Crippen LogP contribution is 2.22. The van der Waals surface area contributed by atoms with E-state index in [1.807, 2.05) is 38.2 Å². The minimum Gasteiger partial charge on any atom is -0.388 e. The number of amides is 1. The minimum atomic E-state index is -0.159. The predicted octanol–water partition coefficient (Wildman–Crippen LogP) is 2.43. The van der Waals surface area contributed by atoms with Crippen molar-refractivity contribution in [1.29, 1.82) is 0 Å². The van der Waals surface area contributed by atoms with Crippen molar-refractivity contribution in [2.75, 3.05) is 32.1 Å². The maximum atomic E-state index is 12.1. The Morgan fingerprint density at radius 1 is 1.33 bits per heavy atom. The predicted molar refractivity (Wildman–Crippen MR) is 84.7 cm³/mol. The Morgan fingerprint density at radius 2 is 2.14 bits per heavy atom. The molecule has 0 aliphatic rings. The third-order valence-electron chi connectivity index (χ3n) is 3.17. The van der Waals surface area contributed by atoms with Crippen molar-refractivity contribution in [2.45, 2.75) is 13.3 Å². The Labute approximate surface area is 124 Å². The number of hydrogen-bond acceptors (Lipinski definition) is 4. The molecule has 2 aromatic rings. The zero-order valence-electron chi connectivity index (χ0n) is 12.5. The molecule has 1 aromatic carbocycles. The topological polar surface area (TPSA) is 63.2 Å². The van der Waals surface area contributed by atoms with Crippen LogP contribution in [0.4, 0.5) is 5.69 Å². The first kappa shape index (κ1) is 15.3. The largest absolute Gasteiger partial charge is 0.388 e. The molecule has 0 saturated carbocycles. The van der Waals surface area contributed by atoms with Crippen LogP contribution in [0.15, 0.2) is 30.3 Å². The summed E-state index contributed by atoms with van der Waals surface area (Å²) in [5.41, 5.74) is 2.14. The van der Waals surface area contributed by atoms with Crippen LogP contribution in [0.1, 0.15) is 23.8 Å². The van der Waals surface area contributed by atoms with Crippen LogP contribution in [0, 0.1) is 0 Å². The second-order valence-corrected chi connectivity index (χ2v) is 4.63. The van der Waals surface area contributed by atoms with Crippen molar-refractivity contribution in [3.8, 4) is 0 Å². The van der Waals surface area contributed by atoms with Gasteiger partial charge < -0.3 is 15.4 Å². The van der Waals surface area contributed by atoms with E-state index in [-0.39, 0.29) is 5.91 Å². The monoisotopic (exact) mass is 287 g/mol. The summed E-state index contributed by atoms with van der Waals surface area (Å²) in [4.78, 5) is 16.6. The van der Waals surface area contributed by atoms with Gasteiger partial charge in [-0.3, -0.25) is 4.79 Å². The van der Waals surface area contributed by atoms with Gasteiger partial charge >= 0.3 is 0 Å². The van der Waals surface area contributed by atoms with Gasteiger partial charge in [-0.2, -0.15) is 0 Å². The van der Waals surface area contributed by atoms with Crippen molar-refractivity contribution < 1.29 is 9.53 Å². The van der Waals surface area contributed by atoms with Gasteiger partial charge in [0.1, 0.15) is 5.69 Å².